The zero-order valence-corrected chi connectivity index (χ0v) is 10.3. The number of carboxylic acids is 1. The van der Waals surface area contributed by atoms with E-state index < -0.39 is 5.97 Å². The van der Waals surface area contributed by atoms with Crippen LogP contribution in [0.1, 0.15) is 56.2 Å². The molecule has 0 aliphatic heterocycles. The van der Waals surface area contributed by atoms with Crippen molar-refractivity contribution in [1.82, 2.24) is 10.2 Å². The second kappa shape index (κ2) is 6.49. The number of hydrogen-bond donors (Lipinski definition) is 1. The molecule has 0 saturated heterocycles. The van der Waals surface area contributed by atoms with Gasteiger partial charge in [-0.05, 0) is 12.8 Å². The summed E-state index contributed by atoms with van der Waals surface area (Å²) in [4.78, 5) is 10.3. The highest BCUT2D eigenvalue weighted by Crippen LogP contribution is 2.30. The van der Waals surface area contributed by atoms with E-state index in [2.05, 4.69) is 10.2 Å². The summed E-state index contributed by atoms with van der Waals surface area (Å²) >= 11 is 0. The van der Waals surface area contributed by atoms with Gasteiger partial charge in [-0.15, -0.1) is 10.2 Å². The average molecular weight is 254 g/mol. The van der Waals surface area contributed by atoms with Gasteiger partial charge in [0, 0.05) is 5.92 Å². The van der Waals surface area contributed by atoms with Gasteiger partial charge in [-0.25, -0.2) is 4.79 Å². The Morgan fingerprint density at radius 2 is 2.00 bits per heavy atom. The van der Waals surface area contributed by atoms with Crippen LogP contribution >= 0.6 is 0 Å². The Labute approximate surface area is 105 Å². The molecule has 100 valence electrons. The monoisotopic (exact) mass is 254 g/mol. The van der Waals surface area contributed by atoms with Gasteiger partial charge in [-0.3, -0.25) is 0 Å². The van der Waals surface area contributed by atoms with Crippen molar-refractivity contribution in [2.24, 2.45) is 0 Å². The van der Waals surface area contributed by atoms with E-state index in [4.69, 9.17) is 14.3 Å². The van der Waals surface area contributed by atoms with Gasteiger partial charge in [0.15, 0.2) is 0 Å². The summed E-state index contributed by atoms with van der Waals surface area (Å²) in [5, 5.41) is 16.4. The molecule has 0 spiro atoms. The molecule has 0 unspecified atom stereocenters. The van der Waals surface area contributed by atoms with Crippen molar-refractivity contribution in [2.75, 3.05) is 6.61 Å². The van der Waals surface area contributed by atoms with Crippen LogP contribution in [0.15, 0.2) is 4.42 Å². The fourth-order valence-electron chi connectivity index (χ4n) is 2.24. The molecule has 6 nitrogen and oxygen atoms in total. The topological polar surface area (TPSA) is 85.5 Å². The van der Waals surface area contributed by atoms with E-state index in [0.717, 1.165) is 12.8 Å². The van der Waals surface area contributed by atoms with Gasteiger partial charge < -0.3 is 14.3 Å². The number of carbonyl (C=O) groups is 1. The highest BCUT2D eigenvalue weighted by Gasteiger charge is 2.20. The van der Waals surface area contributed by atoms with E-state index in [1.807, 2.05) is 0 Å². The standard InChI is InChI=1S/C12H18N2O4/c15-11(16)8-17-7-10-13-14-12(18-10)9-5-3-1-2-4-6-9/h9H,1-8H2,(H,15,16). The lowest BCUT2D eigenvalue weighted by molar-refractivity contribution is -0.142. The van der Waals surface area contributed by atoms with Crippen molar-refractivity contribution in [2.45, 2.75) is 51.0 Å². The first kappa shape index (κ1) is 13.0. The fraction of sp³-hybridized carbons (Fsp3) is 0.750. The van der Waals surface area contributed by atoms with Gasteiger partial charge in [0.05, 0.1) is 0 Å². The first-order valence-electron chi connectivity index (χ1n) is 6.37. The van der Waals surface area contributed by atoms with Gasteiger partial charge in [-0.2, -0.15) is 0 Å². The van der Waals surface area contributed by atoms with Crippen molar-refractivity contribution in [1.29, 1.82) is 0 Å². The molecule has 1 aliphatic carbocycles. The second-order valence-electron chi connectivity index (χ2n) is 4.61. The normalized spacial score (nSPS) is 17.6. The molecular formula is C12H18N2O4. The number of carboxylic acid groups (broad SMARTS) is 1. The van der Waals surface area contributed by atoms with Crippen LogP contribution in [0, 0.1) is 0 Å². The summed E-state index contributed by atoms with van der Waals surface area (Å²) in [6.45, 7) is -0.285. The quantitative estimate of drug-likeness (QED) is 0.810. The van der Waals surface area contributed by atoms with Crippen molar-refractivity contribution in [3.05, 3.63) is 11.8 Å². The molecule has 1 N–H and O–H groups in total. The molecule has 1 saturated carbocycles. The summed E-state index contributed by atoms with van der Waals surface area (Å²) in [6, 6.07) is 0. The third-order valence-corrected chi connectivity index (χ3v) is 3.14. The molecule has 2 rings (SSSR count). The van der Waals surface area contributed by atoms with Crippen LogP contribution in [0.5, 0.6) is 0 Å². The molecule has 0 amide bonds. The number of aromatic nitrogens is 2. The van der Waals surface area contributed by atoms with Gasteiger partial charge >= 0.3 is 5.97 Å². The third kappa shape index (κ3) is 3.80. The molecule has 1 aliphatic rings. The summed E-state index contributed by atoms with van der Waals surface area (Å²) in [5.41, 5.74) is 0. The lowest BCUT2D eigenvalue weighted by atomic mass is 10.0. The Bertz CT molecular complexity index is 383. The highest BCUT2D eigenvalue weighted by molar-refractivity contribution is 5.67. The minimum Gasteiger partial charge on any atom is -0.480 e. The minimum absolute atomic E-state index is 0.0615. The zero-order valence-electron chi connectivity index (χ0n) is 10.3. The molecule has 0 radical (unpaired) electrons. The molecule has 6 heteroatoms. The molecular weight excluding hydrogens is 236 g/mol. The van der Waals surface area contributed by atoms with E-state index in [9.17, 15) is 4.79 Å². The molecule has 0 atom stereocenters. The number of rotatable bonds is 5. The second-order valence-corrected chi connectivity index (χ2v) is 4.61. The summed E-state index contributed by atoms with van der Waals surface area (Å²) in [7, 11) is 0. The number of ether oxygens (including phenoxy) is 1. The molecule has 1 fully saturated rings. The summed E-state index contributed by atoms with van der Waals surface area (Å²) < 4.78 is 10.4. The highest BCUT2D eigenvalue weighted by atomic mass is 16.5. The molecule has 1 aromatic rings. The van der Waals surface area contributed by atoms with Crippen LogP contribution in [-0.2, 0) is 16.1 Å². The average Bonchev–Trinajstić information content (AvgIpc) is 2.63. The Balaban J connectivity index is 1.86. The van der Waals surface area contributed by atoms with Crippen molar-refractivity contribution >= 4 is 5.97 Å². The Hall–Kier alpha value is -1.43. The maximum absolute atomic E-state index is 10.3. The van der Waals surface area contributed by atoms with Crippen molar-refractivity contribution in [3.63, 3.8) is 0 Å². The van der Waals surface area contributed by atoms with Gasteiger partial charge in [0.1, 0.15) is 13.2 Å². The van der Waals surface area contributed by atoms with Crippen LogP contribution in [0.25, 0.3) is 0 Å². The molecule has 18 heavy (non-hydrogen) atoms. The fourth-order valence-corrected chi connectivity index (χ4v) is 2.24. The maximum atomic E-state index is 10.3. The third-order valence-electron chi connectivity index (χ3n) is 3.14. The Morgan fingerprint density at radius 1 is 1.28 bits per heavy atom. The maximum Gasteiger partial charge on any atom is 0.329 e. The molecule has 1 aromatic heterocycles. The molecule has 0 bridgehead atoms. The van der Waals surface area contributed by atoms with E-state index in [-0.39, 0.29) is 13.2 Å². The summed E-state index contributed by atoms with van der Waals surface area (Å²) in [5.74, 6) is 0.382. The van der Waals surface area contributed by atoms with Gasteiger partial charge in [-0.1, -0.05) is 25.7 Å². The predicted molar refractivity (Wildman–Crippen MR) is 62.0 cm³/mol. The van der Waals surface area contributed by atoms with Crippen LogP contribution in [0.3, 0.4) is 0 Å². The minimum atomic E-state index is -1.00. The van der Waals surface area contributed by atoms with Crippen LogP contribution in [0.4, 0.5) is 0 Å². The summed E-state index contributed by atoms with van der Waals surface area (Å²) in [6.07, 6.45) is 7.16. The first-order valence-corrected chi connectivity index (χ1v) is 6.37. The largest absolute Gasteiger partial charge is 0.480 e. The van der Waals surface area contributed by atoms with E-state index in [0.29, 0.717) is 17.7 Å². The van der Waals surface area contributed by atoms with Gasteiger partial charge in [0.2, 0.25) is 11.8 Å². The van der Waals surface area contributed by atoms with Crippen molar-refractivity contribution in [3.8, 4) is 0 Å². The lowest BCUT2D eigenvalue weighted by Crippen LogP contribution is -2.06. The zero-order chi connectivity index (χ0) is 12.8. The van der Waals surface area contributed by atoms with E-state index in [1.165, 1.54) is 25.7 Å². The van der Waals surface area contributed by atoms with E-state index in [1.54, 1.807) is 0 Å². The Kier molecular flexibility index (Phi) is 4.69. The SMILES string of the molecule is O=C(O)COCc1nnc(C2CCCCCC2)o1. The number of nitrogens with zero attached hydrogens (tertiary/aromatic N) is 2. The number of aliphatic carboxylic acids is 1. The lowest BCUT2D eigenvalue weighted by Gasteiger charge is -2.07. The van der Waals surface area contributed by atoms with Crippen LogP contribution < -0.4 is 0 Å². The van der Waals surface area contributed by atoms with Gasteiger partial charge in [0.25, 0.3) is 0 Å². The Morgan fingerprint density at radius 3 is 2.67 bits per heavy atom. The smallest absolute Gasteiger partial charge is 0.329 e. The van der Waals surface area contributed by atoms with E-state index >= 15 is 0 Å². The van der Waals surface area contributed by atoms with Crippen molar-refractivity contribution < 1.29 is 19.1 Å². The van der Waals surface area contributed by atoms with Crippen LogP contribution in [0.2, 0.25) is 0 Å². The first-order chi connectivity index (χ1) is 8.75. The molecule has 1 heterocycles. The number of hydrogen-bond acceptors (Lipinski definition) is 5. The molecule has 0 aromatic carbocycles. The van der Waals surface area contributed by atoms with Crippen LogP contribution in [-0.4, -0.2) is 27.9 Å². The predicted octanol–water partition coefficient (Wildman–Crippen LogP) is 2.11.